The normalized spacial score (nSPS) is 25.4. The number of hydrogen-bond acceptors (Lipinski definition) is 6. The molecule has 0 aliphatic carbocycles. The molecule has 1 aromatic rings. The quantitative estimate of drug-likeness (QED) is 0.598. The van der Waals surface area contributed by atoms with Gasteiger partial charge in [0.15, 0.2) is 16.6 Å². The molecule has 1 aliphatic rings. The molecule has 1 aromatic heterocycles. The Bertz CT molecular complexity index is 926. The lowest BCUT2D eigenvalue weighted by atomic mass is 10.0. The predicted octanol–water partition coefficient (Wildman–Crippen LogP) is 3.29. The van der Waals surface area contributed by atoms with Crippen LogP contribution in [0.2, 0.25) is 36.3 Å². The van der Waals surface area contributed by atoms with E-state index in [1.807, 2.05) is 0 Å². The number of nitrogens with zero attached hydrogens (tertiary/aromatic N) is 1. The molecule has 2 heterocycles. The number of nitrogens with one attached hydrogen (secondary N) is 1. The van der Waals surface area contributed by atoms with Crippen molar-refractivity contribution >= 4 is 16.6 Å². The van der Waals surface area contributed by atoms with Crippen LogP contribution in [0.4, 0.5) is 0 Å². The SMILES string of the molecule is Cn1cc([C@@H]2O[C@H](CO)[C@H](O[Si](C)(C)C(C)(C)C)C2O[Si](C)(C)C(C)(C)C)c(=O)[nH]c1=O. The third-order valence-electron chi connectivity index (χ3n) is 7.41. The molecule has 0 spiro atoms. The third kappa shape index (κ3) is 5.36. The first kappa shape index (κ1) is 27.2. The van der Waals surface area contributed by atoms with Crippen LogP contribution in [-0.2, 0) is 20.6 Å². The van der Waals surface area contributed by atoms with E-state index in [2.05, 4.69) is 72.7 Å². The molecule has 1 fully saturated rings. The van der Waals surface area contributed by atoms with Gasteiger partial charge in [0, 0.05) is 13.2 Å². The Balaban J connectivity index is 2.62. The fourth-order valence-electron chi connectivity index (χ4n) is 3.22. The second-order valence-electron chi connectivity index (χ2n) is 11.9. The minimum absolute atomic E-state index is 0.0548. The van der Waals surface area contributed by atoms with Gasteiger partial charge in [0.2, 0.25) is 0 Å². The summed E-state index contributed by atoms with van der Waals surface area (Å²) >= 11 is 0. The average Bonchev–Trinajstić information content (AvgIpc) is 2.92. The van der Waals surface area contributed by atoms with E-state index in [4.69, 9.17) is 13.6 Å². The zero-order valence-electron chi connectivity index (χ0n) is 21.5. The Morgan fingerprint density at radius 2 is 1.47 bits per heavy atom. The van der Waals surface area contributed by atoms with E-state index >= 15 is 0 Å². The number of aliphatic hydroxyl groups is 1. The zero-order chi connectivity index (χ0) is 24.9. The molecule has 0 aromatic carbocycles. The molecule has 0 bridgehead atoms. The Kier molecular flexibility index (Phi) is 7.61. The monoisotopic (exact) mass is 486 g/mol. The predicted molar refractivity (Wildman–Crippen MR) is 131 cm³/mol. The zero-order valence-corrected chi connectivity index (χ0v) is 23.5. The maximum atomic E-state index is 12.7. The van der Waals surface area contributed by atoms with Gasteiger partial charge < -0.3 is 23.3 Å². The van der Waals surface area contributed by atoms with Gasteiger partial charge in [0.1, 0.15) is 24.4 Å². The van der Waals surface area contributed by atoms with Crippen LogP contribution in [0.3, 0.4) is 0 Å². The summed E-state index contributed by atoms with van der Waals surface area (Å²) in [5.74, 6) is 0. The van der Waals surface area contributed by atoms with Gasteiger partial charge in [-0.2, -0.15) is 0 Å². The molecule has 8 nitrogen and oxygen atoms in total. The van der Waals surface area contributed by atoms with Crippen molar-refractivity contribution in [3.63, 3.8) is 0 Å². The van der Waals surface area contributed by atoms with Gasteiger partial charge in [-0.3, -0.25) is 9.78 Å². The lowest BCUT2D eigenvalue weighted by molar-refractivity contribution is -0.0208. The summed E-state index contributed by atoms with van der Waals surface area (Å²) in [7, 11) is -2.97. The highest BCUT2D eigenvalue weighted by atomic mass is 28.4. The van der Waals surface area contributed by atoms with Gasteiger partial charge in [0.05, 0.1) is 12.2 Å². The fraction of sp³-hybridized carbons (Fsp3) is 0.818. The Morgan fingerprint density at radius 3 is 1.91 bits per heavy atom. The standard InChI is InChI=1S/C22H42N2O6Si2/c1-21(2,3)31(8,9)29-17-15(13-25)28-16(14-12-24(7)20(27)23-19(14)26)18(17)30-32(10,11)22(4,5)6/h12,15-18,25H,13H2,1-11H3,(H,23,26,27)/t15-,16+,17+,18?/m1/s1. The first-order valence-corrected chi connectivity index (χ1v) is 17.1. The fourth-order valence-corrected chi connectivity index (χ4v) is 5.83. The van der Waals surface area contributed by atoms with Crippen LogP contribution in [0, 0.1) is 0 Å². The van der Waals surface area contributed by atoms with Crippen molar-refractivity contribution in [1.82, 2.24) is 9.55 Å². The molecule has 0 radical (unpaired) electrons. The molecule has 1 aliphatic heterocycles. The highest BCUT2D eigenvalue weighted by Gasteiger charge is 2.54. The smallest absolute Gasteiger partial charge is 0.328 e. The molecule has 2 rings (SSSR count). The lowest BCUT2D eigenvalue weighted by Crippen LogP contribution is -2.53. The van der Waals surface area contributed by atoms with E-state index in [1.54, 1.807) is 7.05 Å². The summed E-state index contributed by atoms with van der Waals surface area (Å²) in [6, 6.07) is 0. The van der Waals surface area contributed by atoms with Crippen LogP contribution in [0.15, 0.2) is 15.8 Å². The highest BCUT2D eigenvalue weighted by molar-refractivity contribution is 6.74. The largest absolute Gasteiger partial charge is 0.408 e. The molecule has 0 saturated carbocycles. The number of aromatic nitrogens is 2. The van der Waals surface area contributed by atoms with Gasteiger partial charge in [-0.25, -0.2) is 4.79 Å². The second-order valence-corrected chi connectivity index (χ2v) is 21.4. The molecule has 4 atom stereocenters. The first-order valence-electron chi connectivity index (χ1n) is 11.2. The Labute approximate surface area is 193 Å². The van der Waals surface area contributed by atoms with E-state index < -0.39 is 52.3 Å². The summed E-state index contributed by atoms with van der Waals surface area (Å²) in [6.07, 6.45) is -1.01. The number of aryl methyl sites for hydroxylation is 1. The van der Waals surface area contributed by atoms with Crippen LogP contribution < -0.4 is 11.2 Å². The minimum atomic E-state index is -2.30. The topological polar surface area (TPSA) is 103 Å². The van der Waals surface area contributed by atoms with Gasteiger partial charge in [-0.05, 0) is 36.3 Å². The number of H-pyrrole nitrogens is 1. The van der Waals surface area contributed by atoms with Crippen molar-refractivity contribution in [3.05, 3.63) is 32.6 Å². The van der Waals surface area contributed by atoms with Gasteiger partial charge >= 0.3 is 5.69 Å². The molecule has 184 valence electrons. The van der Waals surface area contributed by atoms with Gasteiger partial charge in [-0.1, -0.05) is 41.5 Å². The van der Waals surface area contributed by atoms with Crippen LogP contribution in [0.5, 0.6) is 0 Å². The van der Waals surface area contributed by atoms with E-state index in [9.17, 15) is 14.7 Å². The van der Waals surface area contributed by atoms with Gasteiger partial charge in [0.25, 0.3) is 5.56 Å². The van der Waals surface area contributed by atoms with Crippen LogP contribution in [-0.4, -0.2) is 56.2 Å². The van der Waals surface area contributed by atoms with Gasteiger partial charge in [-0.15, -0.1) is 0 Å². The highest BCUT2D eigenvalue weighted by Crippen LogP contribution is 2.46. The molecule has 1 unspecified atom stereocenters. The Hall–Kier alpha value is -1.05. The molecule has 10 heteroatoms. The summed E-state index contributed by atoms with van der Waals surface area (Å²) in [5.41, 5.74) is -0.700. The maximum Gasteiger partial charge on any atom is 0.328 e. The lowest BCUT2D eigenvalue weighted by Gasteiger charge is -2.44. The molecular weight excluding hydrogens is 444 g/mol. The minimum Gasteiger partial charge on any atom is -0.408 e. The van der Waals surface area contributed by atoms with Crippen molar-refractivity contribution in [2.45, 2.75) is 102 Å². The number of rotatable bonds is 6. The van der Waals surface area contributed by atoms with Crippen LogP contribution in [0.25, 0.3) is 0 Å². The van der Waals surface area contributed by atoms with Crippen molar-refractivity contribution < 1.29 is 18.7 Å². The Morgan fingerprint density at radius 1 is 1.00 bits per heavy atom. The molecule has 2 N–H and O–H groups in total. The van der Waals surface area contributed by atoms with Crippen molar-refractivity contribution in [3.8, 4) is 0 Å². The van der Waals surface area contributed by atoms with E-state index in [-0.39, 0.29) is 16.7 Å². The molecular formula is C22H42N2O6Si2. The van der Waals surface area contributed by atoms with Crippen molar-refractivity contribution in [2.24, 2.45) is 7.05 Å². The van der Waals surface area contributed by atoms with E-state index in [1.165, 1.54) is 10.8 Å². The first-order chi connectivity index (χ1) is 14.3. The number of hydrogen-bond donors (Lipinski definition) is 2. The summed E-state index contributed by atoms with van der Waals surface area (Å²) < 4.78 is 21.1. The number of aliphatic hydroxyl groups excluding tert-OH is 1. The van der Waals surface area contributed by atoms with Crippen molar-refractivity contribution in [2.75, 3.05) is 6.61 Å². The molecule has 0 amide bonds. The average molecular weight is 487 g/mol. The summed E-state index contributed by atoms with van der Waals surface area (Å²) in [5, 5.41) is 10.0. The second kappa shape index (κ2) is 8.96. The summed E-state index contributed by atoms with van der Waals surface area (Å²) in [6.45, 7) is 21.2. The van der Waals surface area contributed by atoms with Crippen LogP contribution in [0.1, 0.15) is 53.2 Å². The third-order valence-corrected chi connectivity index (χ3v) is 16.4. The molecule has 1 saturated heterocycles. The maximum absolute atomic E-state index is 12.7. The van der Waals surface area contributed by atoms with E-state index in [0.717, 1.165) is 0 Å². The van der Waals surface area contributed by atoms with E-state index in [0.29, 0.717) is 5.56 Å². The summed E-state index contributed by atoms with van der Waals surface area (Å²) in [4.78, 5) is 27.0. The number of aromatic amines is 1. The molecule has 32 heavy (non-hydrogen) atoms. The number of ether oxygens (including phenoxy) is 1. The van der Waals surface area contributed by atoms with Crippen molar-refractivity contribution in [1.29, 1.82) is 0 Å². The van der Waals surface area contributed by atoms with Crippen LogP contribution >= 0.6 is 0 Å².